The van der Waals surface area contributed by atoms with Crippen LogP contribution in [0.3, 0.4) is 0 Å². The number of allylic oxidation sites excluding steroid dienone is 1. The molecule has 494 valence electrons. The molecule has 8 fully saturated rings. The second-order valence-corrected chi connectivity index (χ2v) is 28.3. The topological polar surface area (TPSA) is 430 Å². The van der Waals surface area contributed by atoms with Gasteiger partial charge in [-0.3, -0.25) is 9.59 Å². The summed E-state index contributed by atoms with van der Waals surface area (Å²) in [6.07, 6.45) is -35.3. The number of ether oxygens (including phenoxy) is 10. The summed E-state index contributed by atoms with van der Waals surface area (Å²) in [6, 6.07) is 0. The molecule has 9 rings (SSSR count). The summed E-state index contributed by atoms with van der Waals surface area (Å²) in [5.41, 5.74) is -4.86. The van der Waals surface area contributed by atoms with E-state index in [1.54, 1.807) is 13.8 Å². The summed E-state index contributed by atoms with van der Waals surface area (Å²) < 4.78 is 61.2. The van der Waals surface area contributed by atoms with Crippen LogP contribution in [0.4, 0.5) is 0 Å². The molecule has 86 heavy (non-hydrogen) atoms. The van der Waals surface area contributed by atoms with Crippen LogP contribution in [0.5, 0.6) is 0 Å². The van der Waals surface area contributed by atoms with Crippen molar-refractivity contribution >= 4 is 11.9 Å². The minimum Gasteiger partial charge on any atom is -0.458 e. The van der Waals surface area contributed by atoms with E-state index in [0.717, 1.165) is 5.57 Å². The molecule has 9 aliphatic rings. The lowest BCUT2D eigenvalue weighted by Gasteiger charge is -2.73. The van der Waals surface area contributed by atoms with Crippen LogP contribution in [0.1, 0.15) is 108 Å². The van der Waals surface area contributed by atoms with E-state index in [1.807, 2.05) is 34.6 Å². The Balaban J connectivity index is 1.05. The second-order valence-electron chi connectivity index (χ2n) is 28.3. The predicted molar refractivity (Wildman–Crippen MR) is 290 cm³/mol. The summed E-state index contributed by atoms with van der Waals surface area (Å²) in [4.78, 5) is 26.3. The van der Waals surface area contributed by atoms with E-state index < -0.39 is 237 Å². The zero-order valence-corrected chi connectivity index (χ0v) is 50.6. The Morgan fingerprint density at radius 2 is 1.19 bits per heavy atom. The zero-order valence-electron chi connectivity index (χ0n) is 50.6. The van der Waals surface area contributed by atoms with E-state index in [9.17, 15) is 86.2 Å². The highest BCUT2D eigenvalue weighted by atomic mass is 16.8. The number of rotatable bonds is 15. The van der Waals surface area contributed by atoms with Crippen LogP contribution in [0.2, 0.25) is 0 Å². The van der Waals surface area contributed by atoms with Gasteiger partial charge in [-0.2, -0.15) is 0 Å². The third kappa shape index (κ3) is 11.0. The Kier molecular flexibility index (Phi) is 19.8. The number of hydrogen-bond donors (Lipinski definition) is 15. The van der Waals surface area contributed by atoms with Crippen molar-refractivity contribution in [3.05, 3.63) is 11.6 Å². The lowest BCUT2D eigenvalue weighted by molar-refractivity contribution is -0.398. The first-order chi connectivity index (χ1) is 40.1. The van der Waals surface area contributed by atoms with Gasteiger partial charge in [0.15, 0.2) is 31.3 Å². The number of carbonyl (C=O) groups excluding carboxylic acids is 2. The molecule has 0 aromatic rings. The van der Waals surface area contributed by atoms with Gasteiger partial charge in [0.05, 0.1) is 62.7 Å². The largest absolute Gasteiger partial charge is 0.458 e. The van der Waals surface area contributed by atoms with Crippen molar-refractivity contribution in [1.29, 1.82) is 0 Å². The average Bonchev–Trinajstić information content (AvgIpc) is 0.672. The first-order valence-corrected chi connectivity index (χ1v) is 30.4. The Bertz CT molecular complexity index is 2410. The standard InChI is InChI=1S/C59H96O27/c1-23(2)49(76)86-47-48(79-24(3)63)59(22-62)26(17-54(47,4)5)25-11-12-32-56(8)15-14-33(55(6,7)31(56)13-16-57(32,9)58(25,10)45(74)46(59)75)83-53-44(85-52-41(72)38(69)36(67)29(19-61)81-52)42(73)43(84-51-40(71)37(68)35(66)28(18-60)80-51)30(82-53)21-78-50-39(70)34(65)27(64)20-77-50/h11,23,26-48,50-53,60-62,64-75H,12-22H2,1-10H3/t26-,27-,28+,29+,30+,31-,32+,33-,34-,35+,36+,37-,38-,39+,40+,41+,42-,43+,44+,45-,46+,47-,48-,50-,51-,52-,53-,56-,57+,58-,59-/m0/s1. The third-order valence-corrected chi connectivity index (χ3v) is 22.5. The van der Waals surface area contributed by atoms with Crippen LogP contribution in [-0.2, 0) is 57.0 Å². The Morgan fingerprint density at radius 1 is 0.616 bits per heavy atom. The van der Waals surface area contributed by atoms with E-state index in [4.69, 9.17) is 47.4 Å². The second kappa shape index (κ2) is 25.0. The number of fused-ring (bicyclic) bond motifs is 7. The fourth-order valence-corrected chi connectivity index (χ4v) is 17.4. The molecule has 15 N–H and O–H groups in total. The van der Waals surface area contributed by atoms with E-state index >= 15 is 0 Å². The maximum atomic E-state index is 13.3. The first-order valence-electron chi connectivity index (χ1n) is 30.4. The van der Waals surface area contributed by atoms with E-state index in [0.29, 0.717) is 38.5 Å². The number of hydrogen-bond acceptors (Lipinski definition) is 27. The van der Waals surface area contributed by atoms with Gasteiger partial charge in [-0.15, -0.1) is 0 Å². The van der Waals surface area contributed by atoms with Gasteiger partial charge in [-0.25, -0.2) is 0 Å². The molecule has 4 saturated heterocycles. The van der Waals surface area contributed by atoms with Crippen LogP contribution in [0.25, 0.3) is 0 Å². The molecule has 0 radical (unpaired) electrons. The highest BCUT2D eigenvalue weighted by molar-refractivity contribution is 5.72. The molecule has 0 unspecified atom stereocenters. The molecule has 4 saturated carbocycles. The lowest BCUT2D eigenvalue weighted by Crippen LogP contribution is -2.76. The zero-order chi connectivity index (χ0) is 63.5. The van der Waals surface area contributed by atoms with Crippen LogP contribution >= 0.6 is 0 Å². The fourth-order valence-electron chi connectivity index (χ4n) is 17.4. The first kappa shape index (κ1) is 68.1. The number of carbonyl (C=O) groups is 2. The van der Waals surface area contributed by atoms with Gasteiger partial charge in [0.2, 0.25) is 0 Å². The molecule has 4 heterocycles. The van der Waals surface area contributed by atoms with E-state index in [-0.39, 0.29) is 11.8 Å². The molecule has 5 aliphatic carbocycles. The number of aliphatic hydroxyl groups excluding tert-OH is 15. The molecular weight excluding hydrogens is 1140 g/mol. The van der Waals surface area contributed by atoms with Crippen LogP contribution in [0.15, 0.2) is 11.6 Å². The highest BCUT2D eigenvalue weighted by Gasteiger charge is 2.76. The van der Waals surface area contributed by atoms with Gasteiger partial charge in [0, 0.05) is 17.8 Å². The number of aliphatic hydroxyl groups is 15. The lowest BCUT2D eigenvalue weighted by atomic mass is 9.32. The molecule has 0 spiro atoms. The van der Waals surface area contributed by atoms with Crippen molar-refractivity contribution in [2.45, 2.75) is 255 Å². The van der Waals surface area contributed by atoms with E-state index in [1.165, 1.54) is 6.92 Å². The van der Waals surface area contributed by atoms with E-state index in [2.05, 4.69) is 19.9 Å². The summed E-state index contributed by atoms with van der Waals surface area (Å²) >= 11 is 0. The monoisotopic (exact) mass is 1240 g/mol. The van der Waals surface area contributed by atoms with Crippen LogP contribution in [0, 0.1) is 56.2 Å². The minimum atomic E-state index is -2.02. The van der Waals surface area contributed by atoms with Crippen molar-refractivity contribution in [3.8, 4) is 0 Å². The normalized spacial score (nSPS) is 51.7. The molecule has 0 aromatic carbocycles. The molecule has 27 nitrogen and oxygen atoms in total. The quantitative estimate of drug-likeness (QED) is 0.0435. The third-order valence-electron chi connectivity index (χ3n) is 22.5. The van der Waals surface area contributed by atoms with Crippen molar-refractivity contribution in [3.63, 3.8) is 0 Å². The number of esters is 2. The highest BCUT2D eigenvalue weighted by Crippen LogP contribution is 2.76. The van der Waals surface area contributed by atoms with Gasteiger partial charge in [0.25, 0.3) is 0 Å². The fraction of sp³-hybridized carbons (Fsp3) is 0.932. The molecule has 0 aromatic heterocycles. The van der Waals surface area contributed by atoms with Crippen molar-refractivity contribution < 1.29 is 134 Å². The molecule has 0 bridgehead atoms. The molecule has 4 aliphatic heterocycles. The van der Waals surface area contributed by atoms with Gasteiger partial charge in [-0.1, -0.05) is 74.0 Å². The van der Waals surface area contributed by atoms with Crippen molar-refractivity contribution in [2.75, 3.05) is 33.0 Å². The molecular formula is C59H96O27. The molecule has 31 atom stereocenters. The van der Waals surface area contributed by atoms with Gasteiger partial charge in [0.1, 0.15) is 97.7 Å². The average molecular weight is 1240 g/mol. The summed E-state index contributed by atoms with van der Waals surface area (Å²) in [5.74, 6) is -2.76. The van der Waals surface area contributed by atoms with Gasteiger partial charge >= 0.3 is 11.9 Å². The predicted octanol–water partition coefficient (Wildman–Crippen LogP) is -3.26. The maximum absolute atomic E-state index is 13.3. The Hall–Kier alpha value is -2.24. The minimum absolute atomic E-state index is 0.152. The van der Waals surface area contributed by atoms with Gasteiger partial charge in [-0.05, 0) is 72.5 Å². The summed E-state index contributed by atoms with van der Waals surface area (Å²) in [5, 5.41) is 167. The van der Waals surface area contributed by atoms with Crippen LogP contribution in [-0.4, -0.2) is 269 Å². The molecule has 27 heteroatoms. The summed E-state index contributed by atoms with van der Waals surface area (Å²) in [7, 11) is 0. The molecule has 0 amide bonds. The Morgan fingerprint density at radius 3 is 1.74 bits per heavy atom. The SMILES string of the molecule is CC(=O)O[C@H]1[C@H](OC(=O)C(C)C)C(C)(C)C[C@H]2C3=CC[C@@H]4[C@@]5(C)CC[C@H](O[C@@H]6O[C@H](CO[C@@H]7OC[C@H](O)[C@H](O)[C@H]7O)[C@@H](O[C@@H]7O[C@H](CO)[C@@H](O)[C@H](O)[C@H]7O)[C@H](O)[C@H]6O[C@@H]6O[C@H](CO)[C@@H](O)[C@H](O)[C@H]6O)C(C)(C)[C@@H]5CC[C@@]4(C)[C@]3(C)[C@@H](O)[C@@H](O)[C@]21CO. The van der Waals surface area contributed by atoms with Crippen LogP contribution < -0.4 is 0 Å². The Labute approximate surface area is 500 Å². The van der Waals surface area contributed by atoms with Gasteiger partial charge < -0.3 is 124 Å². The maximum Gasteiger partial charge on any atom is 0.308 e. The smallest absolute Gasteiger partial charge is 0.308 e. The van der Waals surface area contributed by atoms with Crippen molar-refractivity contribution in [2.24, 2.45) is 56.2 Å². The van der Waals surface area contributed by atoms with Crippen molar-refractivity contribution in [1.82, 2.24) is 0 Å². The summed E-state index contributed by atoms with van der Waals surface area (Å²) in [6.45, 7) is 15.3.